The fourth-order valence-corrected chi connectivity index (χ4v) is 7.65. The van der Waals surface area contributed by atoms with Crippen LogP contribution in [0, 0.1) is 5.92 Å². The van der Waals surface area contributed by atoms with Gasteiger partial charge in [0.05, 0.1) is 25.7 Å². The number of aldehydes is 1. The summed E-state index contributed by atoms with van der Waals surface area (Å²) in [6.07, 6.45) is 2.93. The predicted molar refractivity (Wildman–Crippen MR) is 154 cm³/mol. The van der Waals surface area contributed by atoms with Crippen LogP contribution in [-0.4, -0.2) is 75.8 Å². The first kappa shape index (κ1) is 32.0. The number of methoxy groups -OCH3 is 2. The second-order valence-electron chi connectivity index (χ2n) is 9.64. The minimum Gasteiger partial charge on any atom is -0.493 e. The van der Waals surface area contributed by atoms with Crippen molar-refractivity contribution in [1.82, 2.24) is 9.21 Å². The van der Waals surface area contributed by atoms with E-state index in [2.05, 4.69) is 0 Å². The van der Waals surface area contributed by atoms with Crippen LogP contribution in [0.2, 0.25) is 10.0 Å². The van der Waals surface area contributed by atoms with E-state index in [0.717, 1.165) is 19.1 Å². The van der Waals surface area contributed by atoms with Crippen molar-refractivity contribution < 1.29 is 32.2 Å². The van der Waals surface area contributed by atoms with Crippen molar-refractivity contribution in [2.45, 2.75) is 56.5 Å². The van der Waals surface area contributed by atoms with Gasteiger partial charge in [-0.05, 0) is 49.6 Å². The van der Waals surface area contributed by atoms with Gasteiger partial charge in [0.2, 0.25) is 15.9 Å². The summed E-state index contributed by atoms with van der Waals surface area (Å²) in [7, 11) is -1.13. The number of amides is 1. The second-order valence-corrected chi connectivity index (χ2v) is 12.4. The normalized spacial score (nSPS) is 20.2. The van der Waals surface area contributed by atoms with Gasteiger partial charge in [-0.15, -0.1) is 0 Å². The third kappa shape index (κ3) is 7.40. The maximum absolute atomic E-state index is 14.0. The lowest BCUT2D eigenvalue weighted by molar-refractivity contribution is -0.134. The van der Waals surface area contributed by atoms with E-state index in [1.54, 1.807) is 37.1 Å². The van der Waals surface area contributed by atoms with Crippen molar-refractivity contribution in [1.29, 1.82) is 0 Å². The van der Waals surface area contributed by atoms with Crippen molar-refractivity contribution in [3.05, 3.63) is 46.4 Å². The molecule has 1 heterocycles. The Morgan fingerprint density at radius 1 is 1.05 bits per heavy atom. The van der Waals surface area contributed by atoms with Crippen molar-refractivity contribution in [3.8, 4) is 17.2 Å². The molecule has 1 saturated heterocycles. The number of halogens is 2. The lowest BCUT2D eigenvalue weighted by Crippen LogP contribution is -2.51. The Morgan fingerprint density at radius 3 is 2.33 bits per heavy atom. The number of rotatable bonds is 13. The molecular formula is C28H36Cl2N2O7S. The largest absolute Gasteiger partial charge is 0.493 e. The van der Waals surface area contributed by atoms with Gasteiger partial charge in [-0.3, -0.25) is 4.79 Å². The predicted octanol–water partition coefficient (Wildman–Crippen LogP) is 5.08. The Labute approximate surface area is 246 Å². The lowest BCUT2D eigenvalue weighted by atomic mass is 9.92. The fourth-order valence-electron chi connectivity index (χ4n) is 5.06. The van der Waals surface area contributed by atoms with Gasteiger partial charge in [0.1, 0.15) is 24.7 Å². The molecule has 0 aliphatic carbocycles. The van der Waals surface area contributed by atoms with E-state index in [9.17, 15) is 18.0 Å². The van der Waals surface area contributed by atoms with Crippen molar-refractivity contribution in [2.24, 2.45) is 5.92 Å². The number of hydrogen-bond acceptors (Lipinski definition) is 7. The Kier molecular flexibility index (Phi) is 11.5. The molecule has 0 aromatic heterocycles. The first-order valence-electron chi connectivity index (χ1n) is 13.1. The summed E-state index contributed by atoms with van der Waals surface area (Å²) in [5.41, 5.74) is 0. The highest BCUT2D eigenvalue weighted by molar-refractivity contribution is 7.89. The molecule has 1 aliphatic heterocycles. The molecule has 220 valence electrons. The van der Waals surface area contributed by atoms with Gasteiger partial charge in [-0.25, -0.2) is 8.42 Å². The number of sulfonamides is 1. The van der Waals surface area contributed by atoms with E-state index in [4.69, 9.17) is 37.4 Å². The van der Waals surface area contributed by atoms with Crippen LogP contribution < -0.4 is 14.2 Å². The third-order valence-electron chi connectivity index (χ3n) is 7.03. The van der Waals surface area contributed by atoms with Gasteiger partial charge in [0, 0.05) is 35.1 Å². The molecule has 1 fully saturated rings. The topological polar surface area (TPSA) is 102 Å². The fraction of sp³-hybridized carbons (Fsp3) is 0.500. The average Bonchev–Trinajstić information content (AvgIpc) is 3.01. The maximum Gasteiger partial charge on any atom is 0.244 e. The molecule has 0 saturated carbocycles. The quantitative estimate of drug-likeness (QED) is 0.290. The summed E-state index contributed by atoms with van der Waals surface area (Å²) >= 11 is 12.3. The highest BCUT2D eigenvalue weighted by Crippen LogP contribution is 2.35. The molecule has 3 atom stereocenters. The minimum atomic E-state index is -4.20. The summed E-state index contributed by atoms with van der Waals surface area (Å²) in [4.78, 5) is 27.0. The Hall–Kier alpha value is -2.53. The van der Waals surface area contributed by atoms with E-state index < -0.39 is 28.0 Å². The summed E-state index contributed by atoms with van der Waals surface area (Å²) in [5, 5.41) is 0.340. The number of carbonyl (C=O) groups excluding carboxylic acids is 2. The molecule has 0 N–H and O–H groups in total. The zero-order chi connectivity index (χ0) is 29.4. The molecule has 2 aromatic rings. The summed E-state index contributed by atoms with van der Waals surface area (Å²) in [6.45, 7) is 4.15. The molecule has 9 nitrogen and oxygen atoms in total. The molecule has 1 amide bonds. The first-order chi connectivity index (χ1) is 19.1. The van der Waals surface area contributed by atoms with E-state index in [-0.39, 0.29) is 47.0 Å². The Morgan fingerprint density at radius 2 is 1.73 bits per heavy atom. The minimum absolute atomic E-state index is 0.0961. The van der Waals surface area contributed by atoms with E-state index in [1.807, 2.05) is 6.92 Å². The molecule has 0 spiro atoms. The molecule has 0 bridgehead atoms. The van der Waals surface area contributed by atoms with E-state index >= 15 is 0 Å². The van der Waals surface area contributed by atoms with Crippen LogP contribution >= 0.6 is 23.2 Å². The number of unbranched alkanes of at least 4 members (excludes halogenated alkanes) is 1. The lowest BCUT2D eigenvalue weighted by Gasteiger charge is -2.35. The number of benzene rings is 2. The van der Waals surface area contributed by atoms with Crippen LogP contribution in [0.15, 0.2) is 41.3 Å². The van der Waals surface area contributed by atoms with Gasteiger partial charge in [0.15, 0.2) is 11.5 Å². The summed E-state index contributed by atoms with van der Waals surface area (Å²) in [6, 6.07) is 7.63. The summed E-state index contributed by atoms with van der Waals surface area (Å²) < 4.78 is 45.8. The SMILES string of the molecule is CCCC[C@H]1[C@@H](CC=O)CN(CCOc2ccc(OC)c(OC)c2)C(=O)C(C)N1S(=O)(=O)c1cc(Cl)cc(Cl)c1. The van der Waals surface area contributed by atoms with Crippen molar-refractivity contribution in [2.75, 3.05) is 33.9 Å². The van der Waals surface area contributed by atoms with Gasteiger partial charge in [-0.1, -0.05) is 43.0 Å². The van der Waals surface area contributed by atoms with Crippen molar-refractivity contribution in [3.63, 3.8) is 0 Å². The third-order valence-corrected chi connectivity index (χ3v) is 9.44. The van der Waals surface area contributed by atoms with E-state index in [1.165, 1.54) is 29.6 Å². The molecule has 2 aromatic carbocycles. The van der Waals surface area contributed by atoms with Crippen LogP contribution in [0.5, 0.6) is 17.2 Å². The molecular weight excluding hydrogens is 579 g/mol. The highest BCUT2D eigenvalue weighted by Gasteiger charge is 2.46. The molecule has 1 unspecified atom stereocenters. The van der Waals surface area contributed by atoms with Crippen LogP contribution in [-0.2, 0) is 19.6 Å². The van der Waals surface area contributed by atoms with Crippen LogP contribution in [0.25, 0.3) is 0 Å². The standard InChI is InChI=1S/C28H36Cl2N2O7S/c1-5-6-7-25-20(10-12-33)18-31(11-13-39-23-8-9-26(37-3)27(17-23)38-4)28(34)19(2)32(25)40(35,36)24-15-21(29)14-22(30)16-24/h8-9,12,14-17,19-20,25H,5-7,10-11,13,18H2,1-4H3/t19?,20-,25-/m0/s1. The van der Waals surface area contributed by atoms with Crippen LogP contribution in [0.3, 0.4) is 0 Å². The van der Waals surface area contributed by atoms with Crippen LogP contribution in [0.1, 0.15) is 39.5 Å². The number of carbonyl (C=O) groups is 2. The van der Waals surface area contributed by atoms with Crippen molar-refractivity contribution >= 4 is 45.4 Å². The molecule has 0 radical (unpaired) electrons. The molecule has 1 aliphatic rings. The monoisotopic (exact) mass is 614 g/mol. The van der Waals surface area contributed by atoms with Gasteiger partial charge < -0.3 is 23.9 Å². The van der Waals surface area contributed by atoms with E-state index in [0.29, 0.717) is 23.7 Å². The van der Waals surface area contributed by atoms with Gasteiger partial charge in [0.25, 0.3) is 0 Å². The second kappa shape index (κ2) is 14.4. The number of hydrogen-bond donors (Lipinski definition) is 0. The van der Waals surface area contributed by atoms with Crippen LogP contribution in [0.4, 0.5) is 0 Å². The number of ether oxygens (including phenoxy) is 3. The zero-order valence-electron chi connectivity index (χ0n) is 23.1. The first-order valence-corrected chi connectivity index (χ1v) is 15.3. The van der Waals surface area contributed by atoms with Gasteiger partial charge in [-0.2, -0.15) is 4.31 Å². The highest BCUT2D eigenvalue weighted by atomic mass is 35.5. The molecule has 40 heavy (non-hydrogen) atoms. The zero-order valence-corrected chi connectivity index (χ0v) is 25.5. The Bertz CT molecular complexity index is 1270. The summed E-state index contributed by atoms with van der Waals surface area (Å²) in [5.74, 6) is 0.806. The molecule has 12 heteroatoms. The Balaban J connectivity index is 1.93. The molecule has 3 rings (SSSR count). The number of nitrogens with zero attached hydrogens (tertiary/aromatic N) is 2. The smallest absolute Gasteiger partial charge is 0.244 e. The van der Waals surface area contributed by atoms with Gasteiger partial charge >= 0.3 is 0 Å². The average molecular weight is 616 g/mol. The maximum atomic E-state index is 14.0.